The number of rotatable bonds is 8. The van der Waals surface area contributed by atoms with E-state index in [0.717, 1.165) is 6.42 Å². The summed E-state index contributed by atoms with van der Waals surface area (Å²) in [5, 5.41) is 5.36. The van der Waals surface area contributed by atoms with Gasteiger partial charge in [-0.25, -0.2) is 12.2 Å². The van der Waals surface area contributed by atoms with Crippen LogP contribution in [-0.2, 0) is 47.9 Å². The molecule has 0 unspecified atom stereocenters. The number of hydrogen-bond donors (Lipinski definition) is 0. The predicted molar refractivity (Wildman–Crippen MR) is 241 cm³/mol. The molecule has 3 heteroatoms. The van der Waals surface area contributed by atoms with Crippen molar-refractivity contribution in [2.45, 2.75) is 84.5 Å². The number of halogens is 2. The van der Waals surface area contributed by atoms with E-state index in [-0.39, 0.29) is 35.6 Å². The fraction of sp³-hybridized carbons (Fsp3) is 0.236. The van der Waals surface area contributed by atoms with Crippen molar-refractivity contribution in [1.29, 1.82) is 0 Å². The maximum absolute atomic E-state index is 2.99. The van der Waals surface area contributed by atoms with E-state index >= 15 is 0 Å². The van der Waals surface area contributed by atoms with Crippen LogP contribution in [0.2, 0.25) is 0 Å². The van der Waals surface area contributed by atoms with Crippen LogP contribution in [0.3, 0.4) is 0 Å². The molecule has 8 rings (SSSR count). The molecule has 1 aliphatic rings. The molecule has 0 aliphatic heterocycles. The SMILES string of the molecule is CC(C)(C)c1cc2c(cc1-c1ccccc1)[cH-]c1cc(-c3ccccc3)c(C(C)(C)C)cc12.[C-]1=CC=CC1.[Cl-].[Cl-].[Zr+2]=[C](CCc1ccccc1)CCc1ccccc1. The van der Waals surface area contributed by atoms with E-state index in [0.29, 0.717) is 0 Å². The van der Waals surface area contributed by atoms with E-state index < -0.39 is 0 Å². The van der Waals surface area contributed by atoms with E-state index in [1.54, 1.807) is 27.4 Å². The first-order valence-electron chi connectivity index (χ1n) is 20.2. The van der Waals surface area contributed by atoms with E-state index in [2.05, 4.69) is 205 Å². The Kier molecular flexibility index (Phi) is 17.6. The molecule has 0 nitrogen and oxygen atoms in total. The molecule has 0 heterocycles. The Labute approximate surface area is 376 Å². The van der Waals surface area contributed by atoms with Crippen molar-refractivity contribution >= 4 is 24.8 Å². The molecule has 0 aromatic heterocycles. The van der Waals surface area contributed by atoms with Gasteiger partial charge in [0, 0.05) is 0 Å². The Morgan fingerprint density at radius 1 is 0.552 bits per heavy atom. The van der Waals surface area contributed by atoms with E-state index in [9.17, 15) is 0 Å². The Morgan fingerprint density at radius 2 is 0.931 bits per heavy atom. The van der Waals surface area contributed by atoms with E-state index in [1.807, 2.05) is 12.2 Å². The average molecular weight is 879 g/mol. The second kappa shape index (κ2) is 21.8. The van der Waals surface area contributed by atoms with Crippen LogP contribution < -0.4 is 24.8 Å². The third-order valence-electron chi connectivity index (χ3n) is 10.5. The van der Waals surface area contributed by atoms with Gasteiger partial charge in [0.15, 0.2) is 0 Å². The summed E-state index contributed by atoms with van der Waals surface area (Å²) in [6.07, 6.45) is 14.9. The van der Waals surface area contributed by atoms with Gasteiger partial charge in [0.25, 0.3) is 0 Å². The molecule has 0 saturated heterocycles. The summed E-state index contributed by atoms with van der Waals surface area (Å²) in [6, 6.07) is 55.3. The van der Waals surface area contributed by atoms with Crippen molar-refractivity contribution in [2.24, 2.45) is 0 Å². The summed E-state index contributed by atoms with van der Waals surface area (Å²) in [7, 11) is 0. The molecule has 0 spiro atoms. The maximum atomic E-state index is 2.99. The number of fused-ring (bicyclic) bond motifs is 3. The van der Waals surface area contributed by atoms with Crippen molar-refractivity contribution in [1.82, 2.24) is 0 Å². The van der Waals surface area contributed by atoms with Crippen LogP contribution in [0, 0.1) is 6.08 Å². The Morgan fingerprint density at radius 3 is 1.24 bits per heavy atom. The van der Waals surface area contributed by atoms with Gasteiger partial charge in [-0.3, -0.25) is 6.08 Å². The quantitative estimate of drug-likeness (QED) is 0.134. The van der Waals surface area contributed by atoms with Gasteiger partial charge in [0.1, 0.15) is 0 Å². The molecule has 0 bridgehead atoms. The first-order chi connectivity index (χ1) is 27.0. The summed E-state index contributed by atoms with van der Waals surface area (Å²) >= 11 is 1.60. The second-order valence-electron chi connectivity index (χ2n) is 16.9. The average Bonchev–Trinajstić information content (AvgIpc) is 3.91. The standard InChI is InChI=1S/C33H33.C17H18.C5H5.2ClH.Zr/c1-32(2,3)30-20-26-24(18-28(30)22-13-9-7-10-14-22)17-25-19-29(23-15-11-8-12-16-23)31(21-27(25)26)33(4,5)6;1-4-10-16(11-5-1)14-8-3-9-15-17-12-6-2-7-13-17;1-2-4-5-3-1;;;/h7-21H,1-6H3;1-2,4-7,10-13H,8-9,14-15H2;1-3H,4H2;2*1H;/q-1;;-1;;;+2/p-2. The molecule has 0 saturated carbocycles. The van der Waals surface area contributed by atoms with Gasteiger partial charge >= 0.3 is 125 Å². The number of aryl methyl sites for hydroxylation is 2. The zero-order valence-electron chi connectivity index (χ0n) is 35.0. The zero-order valence-corrected chi connectivity index (χ0v) is 38.9. The number of benzene rings is 6. The molecular formula is C55H56Cl2Zr-2. The predicted octanol–water partition coefficient (Wildman–Crippen LogP) is 8.93. The topological polar surface area (TPSA) is 0 Å². The Bertz CT molecular complexity index is 2220. The molecular weight excluding hydrogens is 823 g/mol. The minimum absolute atomic E-state index is 0. The van der Waals surface area contributed by atoms with Gasteiger partial charge in [-0.1, -0.05) is 114 Å². The first-order valence-corrected chi connectivity index (χ1v) is 21.4. The molecule has 0 N–H and O–H groups in total. The van der Waals surface area contributed by atoms with Gasteiger partial charge in [-0.2, -0.15) is 6.08 Å². The van der Waals surface area contributed by atoms with Crippen LogP contribution in [0.25, 0.3) is 43.8 Å². The van der Waals surface area contributed by atoms with Crippen molar-refractivity contribution in [3.05, 3.63) is 198 Å². The molecule has 0 atom stereocenters. The van der Waals surface area contributed by atoms with E-state index in [4.69, 9.17) is 0 Å². The molecule has 58 heavy (non-hydrogen) atoms. The number of hydrogen-bond acceptors (Lipinski definition) is 0. The van der Waals surface area contributed by atoms with Gasteiger partial charge in [0.2, 0.25) is 0 Å². The van der Waals surface area contributed by atoms with Crippen LogP contribution >= 0.6 is 0 Å². The van der Waals surface area contributed by atoms with Crippen LogP contribution in [0.5, 0.6) is 0 Å². The van der Waals surface area contributed by atoms with Crippen LogP contribution in [-0.4, -0.2) is 3.21 Å². The summed E-state index contributed by atoms with van der Waals surface area (Å²) in [4.78, 5) is 0. The third kappa shape index (κ3) is 12.8. The summed E-state index contributed by atoms with van der Waals surface area (Å²) in [5.74, 6) is 0. The van der Waals surface area contributed by atoms with Gasteiger partial charge in [-0.15, -0.1) is 46.2 Å². The molecule has 0 radical (unpaired) electrons. The molecule has 296 valence electrons. The monoisotopic (exact) mass is 876 g/mol. The summed E-state index contributed by atoms with van der Waals surface area (Å²) < 4.78 is 1.69. The zero-order chi connectivity index (χ0) is 39.5. The van der Waals surface area contributed by atoms with E-state index in [1.165, 1.54) is 91.7 Å². The number of allylic oxidation sites excluding steroid dienone is 4. The molecule has 0 fully saturated rings. The first kappa shape index (κ1) is 46.7. The minimum atomic E-state index is 0. The Hall–Kier alpha value is -4.00. The van der Waals surface area contributed by atoms with Crippen molar-refractivity contribution in [3.63, 3.8) is 0 Å². The van der Waals surface area contributed by atoms with Gasteiger partial charge < -0.3 is 24.8 Å². The van der Waals surface area contributed by atoms with Crippen LogP contribution in [0.15, 0.2) is 170 Å². The molecule has 7 aromatic rings. The van der Waals surface area contributed by atoms with Crippen molar-refractivity contribution in [2.75, 3.05) is 0 Å². The molecule has 1 aliphatic carbocycles. The Balaban J connectivity index is 0.000000250. The fourth-order valence-corrected chi connectivity index (χ4v) is 8.02. The molecule has 7 aromatic carbocycles. The van der Waals surface area contributed by atoms with Crippen molar-refractivity contribution in [3.8, 4) is 22.3 Å². The fourth-order valence-electron chi connectivity index (χ4n) is 7.40. The summed E-state index contributed by atoms with van der Waals surface area (Å²) in [5.41, 5.74) is 11.1. The van der Waals surface area contributed by atoms with Crippen LogP contribution in [0.1, 0.15) is 83.1 Å². The summed E-state index contributed by atoms with van der Waals surface area (Å²) in [6.45, 7) is 13.9. The van der Waals surface area contributed by atoms with Gasteiger partial charge in [-0.05, 0) is 44.2 Å². The second-order valence-corrected chi connectivity index (χ2v) is 18.7. The normalized spacial score (nSPS) is 11.9. The van der Waals surface area contributed by atoms with Gasteiger partial charge in [0.05, 0.1) is 0 Å². The van der Waals surface area contributed by atoms with Crippen molar-refractivity contribution < 1.29 is 49.0 Å². The van der Waals surface area contributed by atoms with Crippen LogP contribution in [0.4, 0.5) is 0 Å². The molecule has 0 amide bonds. The third-order valence-corrected chi connectivity index (χ3v) is 11.7.